The van der Waals surface area contributed by atoms with Crippen LogP contribution in [-0.4, -0.2) is 4.98 Å². The molecule has 2 atom stereocenters. The molecule has 1 unspecified atom stereocenters. The molecule has 1 saturated carbocycles. The van der Waals surface area contributed by atoms with Crippen LogP contribution in [0.5, 0.6) is 0 Å². The fraction of sp³-hybridized carbons (Fsp3) is 0.421. The number of aryl methyl sites for hydroxylation is 1. The number of allylic oxidation sites excluding steroid dienone is 5. The molecule has 1 aromatic rings. The van der Waals surface area contributed by atoms with Crippen LogP contribution in [0.25, 0.3) is 5.57 Å². The second-order valence-corrected chi connectivity index (χ2v) is 5.93. The normalized spacial score (nSPS) is 26.5. The molecule has 0 N–H and O–H groups in total. The average Bonchev–Trinajstić information content (AvgIpc) is 3.11. The van der Waals surface area contributed by atoms with Gasteiger partial charge in [0.15, 0.2) is 0 Å². The van der Waals surface area contributed by atoms with Gasteiger partial charge >= 0.3 is 0 Å². The number of hydrogen-bond donors (Lipinski definition) is 0. The van der Waals surface area contributed by atoms with Crippen LogP contribution in [0.15, 0.2) is 48.7 Å². The van der Waals surface area contributed by atoms with Crippen LogP contribution in [0.4, 0.5) is 0 Å². The lowest BCUT2D eigenvalue weighted by Crippen LogP contribution is -2.05. The Balaban J connectivity index is 2.59. The number of pyridine rings is 1. The summed E-state index contributed by atoms with van der Waals surface area (Å²) in [6.07, 6.45) is 10.7. The van der Waals surface area contributed by atoms with Crippen molar-refractivity contribution in [1.29, 1.82) is 0 Å². The van der Waals surface area contributed by atoms with E-state index in [0.29, 0.717) is 0 Å². The predicted molar refractivity (Wildman–Crippen MR) is 87.4 cm³/mol. The molecule has 1 aliphatic rings. The molecule has 1 aromatic heterocycles. The summed E-state index contributed by atoms with van der Waals surface area (Å²) in [6, 6.07) is 4.12. The third kappa shape index (κ3) is 2.49. The van der Waals surface area contributed by atoms with Crippen molar-refractivity contribution in [2.75, 3.05) is 0 Å². The maximum Gasteiger partial charge on any atom is 0.0733 e. The van der Waals surface area contributed by atoms with Crippen molar-refractivity contribution >= 4 is 5.57 Å². The minimum Gasteiger partial charge on any atom is -0.256 e. The third-order valence-electron chi connectivity index (χ3n) is 4.61. The van der Waals surface area contributed by atoms with E-state index in [1.807, 2.05) is 18.3 Å². The Labute approximate surface area is 123 Å². The summed E-state index contributed by atoms with van der Waals surface area (Å²) in [5.74, 6) is 0.778. The molecule has 1 aliphatic carbocycles. The van der Waals surface area contributed by atoms with Gasteiger partial charge in [-0.15, -0.1) is 0 Å². The molecule has 0 aromatic carbocycles. The highest BCUT2D eigenvalue weighted by Crippen LogP contribution is 2.60. The SMILES string of the molecule is C=C/C(=C(\C=C/C)c1ncccc1C)C1(C)C[C@@H]1CC. The van der Waals surface area contributed by atoms with Crippen molar-refractivity contribution < 1.29 is 0 Å². The molecule has 1 fully saturated rings. The predicted octanol–water partition coefficient (Wildman–Crippen LogP) is 5.34. The van der Waals surface area contributed by atoms with Gasteiger partial charge in [0.1, 0.15) is 0 Å². The van der Waals surface area contributed by atoms with Crippen LogP contribution in [-0.2, 0) is 0 Å². The first-order valence-corrected chi connectivity index (χ1v) is 7.50. The maximum absolute atomic E-state index is 4.60. The van der Waals surface area contributed by atoms with Crippen molar-refractivity contribution in [3.63, 3.8) is 0 Å². The van der Waals surface area contributed by atoms with Gasteiger partial charge in [-0.2, -0.15) is 0 Å². The van der Waals surface area contributed by atoms with Gasteiger partial charge in [0, 0.05) is 11.8 Å². The first kappa shape index (κ1) is 14.8. The molecule has 106 valence electrons. The maximum atomic E-state index is 4.60. The Morgan fingerprint density at radius 3 is 2.80 bits per heavy atom. The van der Waals surface area contributed by atoms with Gasteiger partial charge in [-0.25, -0.2) is 0 Å². The summed E-state index contributed by atoms with van der Waals surface area (Å²) >= 11 is 0. The zero-order valence-electron chi connectivity index (χ0n) is 13.1. The van der Waals surface area contributed by atoms with Gasteiger partial charge in [-0.1, -0.05) is 51.1 Å². The molecular weight excluding hydrogens is 242 g/mol. The van der Waals surface area contributed by atoms with Crippen molar-refractivity contribution in [1.82, 2.24) is 4.98 Å². The quantitative estimate of drug-likeness (QED) is 0.656. The van der Waals surface area contributed by atoms with Crippen LogP contribution in [0.1, 0.15) is 44.9 Å². The van der Waals surface area contributed by atoms with Gasteiger partial charge in [-0.3, -0.25) is 4.98 Å². The number of aromatic nitrogens is 1. The van der Waals surface area contributed by atoms with Crippen LogP contribution in [0, 0.1) is 18.3 Å². The Morgan fingerprint density at radius 2 is 2.30 bits per heavy atom. The van der Waals surface area contributed by atoms with Crippen molar-refractivity contribution in [3.8, 4) is 0 Å². The molecule has 20 heavy (non-hydrogen) atoms. The highest BCUT2D eigenvalue weighted by atomic mass is 14.7. The molecule has 0 amide bonds. The second-order valence-electron chi connectivity index (χ2n) is 5.93. The van der Waals surface area contributed by atoms with Gasteiger partial charge in [0.25, 0.3) is 0 Å². The summed E-state index contributed by atoms with van der Waals surface area (Å²) in [6.45, 7) is 12.9. The Hall–Kier alpha value is -1.63. The molecule has 0 radical (unpaired) electrons. The number of nitrogens with zero attached hydrogens (tertiary/aromatic N) is 1. The summed E-state index contributed by atoms with van der Waals surface area (Å²) in [4.78, 5) is 4.60. The van der Waals surface area contributed by atoms with E-state index in [1.54, 1.807) is 0 Å². The minimum atomic E-state index is 0.273. The third-order valence-corrected chi connectivity index (χ3v) is 4.61. The lowest BCUT2D eigenvalue weighted by Gasteiger charge is -2.18. The standard InChI is InChI=1S/C19H25N/c1-6-10-16(18-14(4)11-9-12-20-18)17(8-3)19(5)13-15(19)7-2/h6,8-12,15H,3,7,13H2,1-2,4-5H3/b10-6-,17-16-/t15-,19?/m0/s1. The molecule has 0 saturated heterocycles. The smallest absolute Gasteiger partial charge is 0.0733 e. The first-order chi connectivity index (χ1) is 9.58. The van der Waals surface area contributed by atoms with Gasteiger partial charge in [-0.05, 0) is 48.8 Å². The fourth-order valence-electron chi connectivity index (χ4n) is 3.26. The summed E-state index contributed by atoms with van der Waals surface area (Å²) in [5.41, 5.74) is 5.17. The largest absolute Gasteiger partial charge is 0.256 e. The highest BCUT2D eigenvalue weighted by molar-refractivity contribution is 5.79. The van der Waals surface area contributed by atoms with Crippen LogP contribution in [0.3, 0.4) is 0 Å². The zero-order valence-corrected chi connectivity index (χ0v) is 13.1. The number of hydrogen-bond acceptors (Lipinski definition) is 1. The molecule has 1 heterocycles. The molecule has 1 nitrogen and oxygen atoms in total. The van der Waals surface area contributed by atoms with E-state index in [9.17, 15) is 0 Å². The monoisotopic (exact) mass is 267 g/mol. The van der Waals surface area contributed by atoms with E-state index >= 15 is 0 Å². The topological polar surface area (TPSA) is 12.9 Å². The van der Waals surface area contributed by atoms with Crippen molar-refractivity contribution in [2.45, 2.75) is 40.5 Å². The second kappa shape index (κ2) is 5.78. The molecule has 2 rings (SSSR count). The van der Waals surface area contributed by atoms with Gasteiger partial charge in [0.05, 0.1) is 5.69 Å². The Morgan fingerprint density at radius 1 is 1.55 bits per heavy atom. The van der Waals surface area contributed by atoms with E-state index < -0.39 is 0 Å². The van der Waals surface area contributed by atoms with E-state index in [4.69, 9.17) is 0 Å². The van der Waals surface area contributed by atoms with E-state index in [2.05, 4.69) is 57.5 Å². The van der Waals surface area contributed by atoms with E-state index in [-0.39, 0.29) is 5.41 Å². The molecule has 0 spiro atoms. The molecule has 0 bridgehead atoms. The number of rotatable bonds is 5. The Bertz CT molecular complexity index is 565. The Kier molecular flexibility index (Phi) is 4.27. The highest BCUT2D eigenvalue weighted by Gasteiger charge is 2.51. The minimum absolute atomic E-state index is 0.273. The van der Waals surface area contributed by atoms with Crippen LogP contribution in [0.2, 0.25) is 0 Å². The van der Waals surface area contributed by atoms with E-state index in [1.165, 1.54) is 29.6 Å². The average molecular weight is 267 g/mol. The van der Waals surface area contributed by atoms with E-state index in [0.717, 1.165) is 11.6 Å². The van der Waals surface area contributed by atoms with Crippen molar-refractivity contribution in [3.05, 3.63) is 60.0 Å². The van der Waals surface area contributed by atoms with Gasteiger partial charge < -0.3 is 0 Å². The zero-order chi connectivity index (χ0) is 14.8. The van der Waals surface area contributed by atoms with Crippen LogP contribution < -0.4 is 0 Å². The molecule has 0 aliphatic heterocycles. The van der Waals surface area contributed by atoms with Crippen molar-refractivity contribution in [2.24, 2.45) is 11.3 Å². The molecular formula is C19H25N. The van der Waals surface area contributed by atoms with Gasteiger partial charge in [0.2, 0.25) is 0 Å². The summed E-state index contributed by atoms with van der Waals surface area (Å²) in [5, 5.41) is 0. The summed E-state index contributed by atoms with van der Waals surface area (Å²) < 4.78 is 0. The lowest BCUT2D eigenvalue weighted by atomic mass is 9.87. The van der Waals surface area contributed by atoms with Crippen LogP contribution >= 0.6 is 0 Å². The lowest BCUT2D eigenvalue weighted by molar-refractivity contribution is 0.591. The summed E-state index contributed by atoms with van der Waals surface area (Å²) in [7, 11) is 0. The molecule has 1 heteroatoms. The first-order valence-electron chi connectivity index (χ1n) is 7.50. The fourth-order valence-corrected chi connectivity index (χ4v) is 3.26.